The van der Waals surface area contributed by atoms with Crippen molar-refractivity contribution in [2.75, 3.05) is 0 Å². The van der Waals surface area contributed by atoms with Crippen LogP contribution in [0.4, 0.5) is 11.4 Å². The summed E-state index contributed by atoms with van der Waals surface area (Å²) in [5, 5.41) is 28.3. The second kappa shape index (κ2) is 9.04. The first kappa shape index (κ1) is 23.1. The molecule has 170 valence electrons. The Labute approximate surface area is 199 Å². The molecule has 1 aromatic heterocycles. The van der Waals surface area contributed by atoms with Crippen molar-refractivity contribution in [3.8, 4) is 11.9 Å². The lowest BCUT2D eigenvalue weighted by molar-refractivity contribution is 0.0979. The molecular formula is C25H19ClN4O4. The Kier molecular flexibility index (Phi) is 6.14. The molecule has 0 bridgehead atoms. The highest BCUT2D eigenvalue weighted by atomic mass is 35.5. The molecule has 0 radical (unpaired) electrons. The van der Waals surface area contributed by atoms with E-state index in [-0.39, 0.29) is 56.3 Å². The van der Waals surface area contributed by atoms with Gasteiger partial charge in [-0.1, -0.05) is 49.2 Å². The number of fused-ring (bicyclic) bond motifs is 2. The van der Waals surface area contributed by atoms with E-state index in [1.54, 1.807) is 18.2 Å². The summed E-state index contributed by atoms with van der Waals surface area (Å²) >= 11 is 6.18. The molecule has 0 fully saturated rings. The fourth-order valence-corrected chi connectivity index (χ4v) is 4.21. The van der Waals surface area contributed by atoms with Crippen molar-refractivity contribution in [3.05, 3.63) is 85.2 Å². The van der Waals surface area contributed by atoms with Gasteiger partial charge in [-0.2, -0.15) is 5.26 Å². The summed E-state index contributed by atoms with van der Waals surface area (Å²) in [5.74, 6) is -1.24. The minimum Gasteiger partial charge on any atom is -0.493 e. The van der Waals surface area contributed by atoms with Gasteiger partial charge in [0.15, 0.2) is 17.3 Å². The van der Waals surface area contributed by atoms with Gasteiger partial charge in [-0.15, -0.1) is 10.2 Å². The Balaban J connectivity index is 1.87. The number of rotatable bonds is 5. The highest BCUT2D eigenvalue weighted by molar-refractivity contribution is 6.39. The number of carbonyl (C=O) groups excluding carboxylic acids is 2. The van der Waals surface area contributed by atoms with Crippen molar-refractivity contribution >= 4 is 34.5 Å². The van der Waals surface area contributed by atoms with Crippen LogP contribution in [-0.2, 0) is 6.54 Å². The molecule has 0 amide bonds. The smallest absolute Gasteiger partial charge is 0.281 e. The minimum atomic E-state index is -0.601. The summed E-state index contributed by atoms with van der Waals surface area (Å²) < 4.78 is 1.09. The number of nitrogens with zero attached hydrogens (tertiary/aromatic N) is 4. The molecule has 1 aliphatic carbocycles. The molecule has 0 atom stereocenters. The number of ketones is 2. The first-order chi connectivity index (χ1) is 16.3. The van der Waals surface area contributed by atoms with Crippen LogP contribution in [0.15, 0.2) is 51.4 Å². The van der Waals surface area contributed by atoms with Crippen LogP contribution in [-0.4, -0.2) is 21.2 Å². The number of carbonyl (C=O) groups is 2. The highest BCUT2D eigenvalue weighted by Crippen LogP contribution is 2.37. The zero-order valence-electron chi connectivity index (χ0n) is 18.4. The number of aromatic nitrogens is 1. The predicted octanol–water partition coefficient (Wildman–Crippen LogP) is 5.38. The van der Waals surface area contributed by atoms with Crippen molar-refractivity contribution in [1.82, 2.24) is 4.57 Å². The molecule has 0 spiro atoms. The molecule has 9 heteroatoms. The van der Waals surface area contributed by atoms with Crippen LogP contribution in [0.25, 0.3) is 0 Å². The van der Waals surface area contributed by atoms with E-state index in [1.165, 1.54) is 25.1 Å². The van der Waals surface area contributed by atoms with Gasteiger partial charge in [-0.25, -0.2) is 0 Å². The number of nitriles is 1. The monoisotopic (exact) mass is 474 g/mol. The molecule has 2 aromatic carbocycles. The average molecular weight is 475 g/mol. The standard InChI is InChI=1S/C25H19ClN4O4/c1-3-4-11-30-24(33)16(12-27)13(2)21(25(30)34)29-28-18-10-6-8-15-20(18)23(32)14-7-5-9-17(26)19(14)22(15)31/h5-10,33H,3-4,11H2,1-2H3. The van der Waals surface area contributed by atoms with Crippen molar-refractivity contribution in [1.29, 1.82) is 5.26 Å². The summed E-state index contributed by atoms with van der Waals surface area (Å²) in [4.78, 5) is 39.3. The Morgan fingerprint density at radius 3 is 2.35 bits per heavy atom. The number of unbranched alkanes of at least 4 members (excludes halogenated alkanes) is 1. The molecule has 4 rings (SSSR count). The van der Waals surface area contributed by atoms with Gasteiger partial charge in [-0.05, 0) is 25.5 Å². The van der Waals surface area contributed by atoms with E-state index < -0.39 is 23.0 Å². The van der Waals surface area contributed by atoms with Crippen molar-refractivity contribution in [2.45, 2.75) is 33.2 Å². The molecule has 0 saturated carbocycles. The third-order valence-electron chi connectivity index (χ3n) is 5.76. The second-order valence-corrected chi connectivity index (χ2v) is 8.22. The quantitative estimate of drug-likeness (QED) is 0.389. The predicted molar refractivity (Wildman–Crippen MR) is 126 cm³/mol. The van der Waals surface area contributed by atoms with E-state index in [0.29, 0.717) is 6.42 Å². The SMILES string of the molecule is CCCCn1c(O)c(C#N)c(C)c(N=Nc2cccc3c2C(=O)c2cccc(Cl)c2C3=O)c1=O. The lowest BCUT2D eigenvalue weighted by Gasteiger charge is -2.19. The Morgan fingerprint density at radius 1 is 1.03 bits per heavy atom. The number of benzene rings is 2. The molecule has 8 nitrogen and oxygen atoms in total. The van der Waals surface area contributed by atoms with E-state index >= 15 is 0 Å². The van der Waals surface area contributed by atoms with Crippen LogP contribution in [0.2, 0.25) is 5.02 Å². The summed E-state index contributed by atoms with van der Waals surface area (Å²) in [6.45, 7) is 3.64. The first-order valence-corrected chi connectivity index (χ1v) is 11.0. The summed E-state index contributed by atoms with van der Waals surface area (Å²) in [6, 6.07) is 11.1. The molecule has 0 saturated heterocycles. The molecule has 34 heavy (non-hydrogen) atoms. The third-order valence-corrected chi connectivity index (χ3v) is 6.08. The van der Waals surface area contributed by atoms with Crippen molar-refractivity contribution in [2.24, 2.45) is 10.2 Å². The summed E-state index contributed by atoms with van der Waals surface area (Å²) in [7, 11) is 0. The number of aromatic hydroxyl groups is 1. The van der Waals surface area contributed by atoms with Gasteiger partial charge in [0.2, 0.25) is 5.88 Å². The van der Waals surface area contributed by atoms with E-state index in [2.05, 4.69) is 10.2 Å². The van der Waals surface area contributed by atoms with Crippen molar-refractivity contribution in [3.63, 3.8) is 0 Å². The fourth-order valence-electron chi connectivity index (χ4n) is 3.95. The topological polar surface area (TPSA) is 125 Å². The second-order valence-electron chi connectivity index (χ2n) is 7.81. The maximum absolute atomic E-state index is 13.2. The van der Waals surface area contributed by atoms with E-state index in [4.69, 9.17) is 11.6 Å². The normalized spacial score (nSPS) is 12.5. The maximum Gasteiger partial charge on any atom is 0.281 e. The minimum absolute atomic E-state index is 0.0641. The number of hydrogen-bond acceptors (Lipinski definition) is 7. The highest BCUT2D eigenvalue weighted by Gasteiger charge is 2.33. The van der Waals surface area contributed by atoms with Gasteiger partial charge >= 0.3 is 0 Å². The van der Waals surface area contributed by atoms with Crippen molar-refractivity contribution < 1.29 is 14.7 Å². The van der Waals surface area contributed by atoms with Crippen LogP contribution in [0, 0.1) is 18.3 Å². The molecule has 1 aliphatic rings. The Morgan fingerprint density at radius 2 is 1.68 bits per heavy atom. The van der Waals surface area contributed by atoms with Gasteiger partial charge in [0, 0.05) is 23.2 Å². The van der Waals surface area contributed by atoms with E-state index in [1.807, 2.05) is 13.0 Å². The number of azo groups is 1. The van der Waals surface area contributed by atoms with Crippen LogP contribution < -0.4 is 5.56 Å². The first-order valence-electron chi connectivity index (χ1n) is 10.6. The fraction of sp³-hybridized carbons (Fsp3) is 0.200. The largest absolute Gasteiger partial charge is 0.493 e. The van der Waals surface area contributed by atoms with Crippen LogP contribution in [0.1, 0.15) is 62.7 Å². The number of hydrogen-bond donors (Lipinski definition) is 1. The van der Waals surface area contributed by atoms with Gasteiger partial charge in [0.1, 0.15) is 11.6 Å². The lowest BCUT2D eigenvalue weighted by atomic mass is 9.83. The number of halogens is 1. The lowest BCUT2D eigenvalue weighted by Crippen LogP contribution is -2.22. The van der Waals surface area contributed by atoms with Gasteiger partial charge in [0.05, 0.1) is 21.8 Å². The maximum atomic E-state index is 13.2. The zero-order valence-corrected chi connectivity index (χ0v) is 19.2. The summed E-state index contributed by atoms with van der Waals surface area (Å²) in [5.41, 5.74) is -0.00875. The van der Waals surface area contributed by atoms with Crippen LogP contribution in [0.5, 0.6) is 5.88 Å². The van der Waals surface area contributed by atoms with E-state index in [9.17, 15) is 24.8 Å². The average Bonchev–Trinajstić information content (AvgIpc) is 2.82. The molecular weight excluding hydrogens is 456 g/mol. The molecule has 1 N–H and O–H groups in total. The molecule has 3 aromatic rings. The van der Waals surface area contributed by atoms with Gasteiger partial charge < -0.3 is 5.11 Å². The molecule has 0 aliphatic heterocycles. The molecule has 1 heterocycles. The van der Waals surface area contributed by atoms with Gasteiger partial charge in [-0.3, -0.25) is 19.0 Å². The molecule has 0 unspecified atom stereocenters. The van der Waals surface area contributed by atoms with Gasteiger partial charge in [0.25, 0.3) is 5.56 Å². The van der Waals surface area contributed by atoms with E-state index in [0.717, 1.165) is 11.0 Å². The Hall–Kier alpha value is -4.09. The number of pyridine rings is 1. The van der Waals surface area contributed by atoms with Crippen LogP contribution in [0.3, 0.4) is 0 Å². The summed E-state index contributed by atoms with van der Waals surface area (Å²) in [6.07, 6.45) is 1.39. The Bertz CT molecular complexity index is 1500. The zero-order chi connectivity index (χ0) is 24.6. The third kappa shape index (κ3) is 3.60. The van der Waals surface area contributed by atoms with Crippen LogP contribution >= 0.6 is 11.6 Å².